The van der Waals surface area contributed by atoms with Crippen LogP contribution < -0.4 is 9.64 Å². The Morgan fingerprint density at radius 3 is 2.88 bits per heavy atom. The van der Waals surface area contributed by atoms with Gasteiger partial charge in [-0.1, -0.05) is 0 Å². The Hall–Kier alpha value is -1.83. The molecule has 0 aliphatic carbocycles. The summed E-state index contributed by atoms with van der Waals surface area (Å²) in [5.74, 6) is 1.37. The van der Waals surface area contributed by atoms with Gasteiger partial charge < -0.3 is 9.64 Å². The Bertz CT molecular complexity index is 361. The van der Waals surface area contributed by atoms with Crippen LogP contribution in [-0.4, -0.2) is 29.7 Å². The minimum absolute atomic E-state index is 0.488. The summed E-state index contributed by atoms with van der Waals surface area (Å²) in [5, 5.41) is 8.56. The van der Waals surface area contributed by atoms with Crippen molar-refractivity contribution < 1.29 is 4.74 Å². The molecule has 1 rings (SSSR count). The summed E-state index contributed by atoms with van der Waals surface area (Å²) in [6.07, 6.45) is 1.97. The Morgan fingerprint density at radius 1 is 1.44 bits per heavy atom. The van der Waals surface area contributed by atoms with Gasteiger partial charge in [-0.25, -0.2) is 9.97 Å². The highest BCUT2D eigenvalue weighted by molar-refractivity contribution is 5.40. The summed E-state index contributed by atoms with van der Waals surface area (Å²) in [4.78, 5) is 10.2. The van der Waals surface area contributed by atoms with E-state index in [0.717, 1.165) is 12.4 Å². The van der Waals surface area contributed by atoms with E-state index in [1.165, 1.54) is 6.33 Å². The van der Waals surface area contributed by atoms with Crippen LogP contribution in [0.5, 0.6) is 5.88 Å². The highest BCUT2D eigenvalue weighted by Crippen LogP contribution is 2.15. The molecule has 0 N–H and O–H groups in total. The minimum Gasteiger partial charge on any atom is -0.478 e. The molecule has 0 amide bonds. The first-order valence-electron chi connectivity index (χ1n) is 5.38. The van der Waals surface area contributed by atoms with Crippen molar-refractivity contribution in [2.24, 2.45) is 0 Å². The zero-order chi connectivity index (χ0) is 11.8. The zero-order valence-electron chi connectivity index (χ0n) is 9.68. The first-order chi connectivity index (χ1) is 7.81. The first kappa shape index (κ1) is 12.2. The normalized spacial score (nSPS) is 9.56. The third kappa shape index (κ3) is 3.39. The summed E-state index contributed by atoms with van der Waals surface area (Å²) in [6, 6.07) is 3.92. The summed E-state index contributed by atoms with van der Waals surface area (Å²) in [5.41, 5.74) is 0. The zero-order valence-corrected chi connectivity index (χ0v) is 9.68. The molecular formula is C11H16N4O. The van der Waals surface area contributed by atoms with Crippen molar-refractivity contribution in [3.8, 4) is 11.9 Å². The SMILES string of the molecule is CCOc1cc(N(CC)CCC#N)ncn1. The van der Waals surface area contributed by atoms with Crippen molar-refractivity contribution in [1.29, 1.82) is 5.26 Å². The summed E-state index contributed by atoms with van der Waals surface area (Å²) in [6.45, 7) is 6.01. The lowest BCUT2D eigenvalue weighted by atomic mass is 10.4. The van der Waals surface area contributed by atoms with Gasteiger partial charge in [-0.3, -0.25) is 0 Å². The summed E-state index contributed by atoms with van der Waals surface area (Å²) < 4.78 is 5.30. The Labute approximate surface area is 95.7 Å². The highest BCUT2D eigenvalue weighted by Gasteiger charge is 2.06. The first-order valence-corrected chi connectivity index (χ1v) is 5.38. The number of hydrogen-bond donors (Lipinski definition) is 0. The molecule has 0 spiro atoms. The van der Waals surface area contributed by atoms with E-state index in [2.05, 4.69) is 16.0 Å². The molecule has 5 heteroatoms. The Balaban J connectivity index is 2.75. The molecule has 0 aliphatic heterocycles. The monoisotopic (exact) mass is 220 g/mol. The van der Waals surface area contributed by atoms with E-state index >= 15 is 0 Å². The number of nitrogens with zero attached hydrogens (tertiary/aromatic N) is 4. The van der Waals surface area contributed by atoms with Crippen LogP contribution in [0.3, 0.4) is 0 Å². The molecule has 5 nitrogen and oxygen atoms in total. The molecule has 0 aromatic carbocycles. The van der Waals surface area contributed by atoms with Gasteiger partial charge in [0.15, 0.2) is 0 Å². The largest absolute Gasteiger partial charge is 0.478 e. The van der Waals surface area contributed by atoms with Crippen LogP contribution in [0.2, 0.25) is 0 Å². The van der Waals surface area contributed by atoms with Crippen molar-refractivity contribution in [3.63, 3.8) is 0 Å². The van der Waals surface area contributed by atoms with Gasteiger partial charge >= 0.3 is 0 Å². The lowest BCUT2D eigenvalue weighted by Gasteiger charge is -2.20. The second kappa shape index (κ2) is 6.62. The molecule has 86 valence electrons. The second-order valence-corrected chi connectivity index (χ2v) is 3.14. The van der Waals surface area contributed by atoms with E-state index in [-0.39, 0.29) is 0 Å². The quantitative estimate of drug-likeness (QED) is 0.729. The molecule has 0 saturated heterocycles. The average Bonchev–Trinajstić information content (AvgIpc) is 2.31. The average molecular weight is 220 g/mol. The molecule has 0 fully saturated rings. The molecule has 0 saturated carbocycles. The van der Waals surface area contributed by atoms with Crippen LogP contribution >= 0.6 is 0 Å². The lowest BCUT2D eigenvalue weighted by Crippen LogP contribution is -2.24. The lowest BCUT2D eigenvalue weighted by molar-refractivity contribution is 0.326. The smallest absolute Gasteiger partial charge is 0.218 e. The standard InChI is InChI=1S/C11H16N4O/c1-3-15(7-5-6-12)10-8-11(16-4-2)14-9-13-10/h8-9H,3-5,7H2,1-2H3. The van der Waals surface area contributed by atoms with Gasteiger partial charge in [-0.2, -0.15) is 5.26 Å². The van der Waals surface area contributed by atoms with Gasteiger partial charge in [0.25, 0.3) is 0 Å². The van der Waals surface area contributed by atoms with Crippen molar-refractivity contribution in [3.05, 3.63) is 12.4 Å². The van der Waals surface area contributed by atoms with Gasteiger partial charge in [0.1, 0.15) is 12.1 Å². The number of ether oxygens (including phenoxy) is 1. The Morgan fingerprint density at radius 2 is 2.25 bits per heavy atom. The molecular weight excluding hydrogens is 204 g/mol. The van der Waals surface area contributed by atoms with E-state index in [4.69, 9.17) is 10.00 Å². The maximum absolute atomic E-state index is 8.56. The number of hydrogen-bond acceptors (Lipinski definition) is 5. The van der Waals surface area contributed by atoms with Crippen molar-refractivity contribution >= 4 is 5.82 Å². The van der Waals surface area contributed by atoms with E-state index in [1.54, 1.807) is 6.07 Å². The van der Waals surface area contributed by atoms with Crippen LogP contribution in [0, 0.1) is 11.3 Å². The topological polar surface area (TPSA) is 62.0 Å². The van der Waals surface area contributed by atoms with Crippen molar-refractivity contribution in [2.75, 3.05) is 24.6 Å². The fourth-order valence-corrected chi connectivity index (χ4v) is 1.35. The van der Waals surface area contributed by atoms with Crippen LogP contribution in [0.15, 0.2) is 12.4 Å². The fraction of sp³-hybridized carbons (Fsp3) is 0.545. The predicted molar refractivity (Wildman–Crippen MR) is 61.3 cm³/mol. The number of aromatic nitrogens is 2. The fourth-order valence-electron chi connectivity index (χ4n) is 1.35. The third-order valence-electron chi connectivity index (χ3n) is 2.12. The van der Waals surface area contributed by atoms with E-state index in [1.807, 2.05) is 18.7 Å². The van der Waals surface area contributed by atoms with Crippen molar-refractivity contribution in [2.45, 2.75) is 20.3 Å². The van der Waals surface area contributed by atoms with Crippen LogP contribution in [0.4, 0.5) is 5.82 Å². The van der Waals surface area contributed by atoms with Crippen LogP contribution in [0.1, 0.15) is 20.3 Å². The van der Waals surface area contributed by atoms with Gasteiger partial charge in [0.05, 0.1) is 19.1 Å². The number of rotatable bonds is 6. The molecule has 0 atom stereocenters. The van der Waals surface area contributed by atoms with E-state index in [0.29, 0.717) is 25.5 Å². The maximum Gasteiger partial charge on any atom is 0.218 e. The molecule has 0 aliphatic rings. The van der Waals surface area contributed by atoms with Crippen LogP contribution in [-0.2, 0) is 0 Å². The number of nitriles is 1. The maximum atomic E-state index is 8.56. The van der Waals surface area contributed by atoms with E-state index < -0.39 is 0 Å². The Kier molecular flexibility index (Phi) is 5.06. The number of anilines is 1. The molecule has 1 aromatic heterocycles. The molecule has 1 heterocycles. The summed E-state index contributed by atoms with van der Waals surface area (Å²) >= 11 is 0. The van der Waals surface area contributed by atoms with E-state index in [9.17, 15) is 0 Å². The second-order valence-electron chi connectivity index (χ2n) is 3.14. The molecule has 0 unspecified atom stereocenters. The molecule has 0 radical (unpaired) electrons. The summed E-state index contributed by atoms with van der Waals surface area (Å²) in [7, 11) is 0. The van der Waals surface area contributed by atoms with Gasteiger partial charge in [0.2, 0.25) is 5.88 Å². The van der Waals surface area contributed by atoms with Gasteiger partial charge in [-0.05, 0) is 13.8 Å². The predicted octanol–water partition coefficient (Wildman–Crippen LogP) is 1.62. The highest BCUT2D eigenvalue weighted by atomic mass is 16.5. The third-order valence-corrected chi connectivity index (χ3v) is 2.12. The van der Waals surface area contributed by atoms with Crippen LogP contribution in [0.25, 0.3) is 0 Å². The minimum atomic E-state index is 0.488. The molecule has 16 heavy (non-hydrogen) atoms. The molecule has 1 aromatic rings. The molecule has 0 bridgehead atoms. The van der Waals surface area contributed by atoms with Gasteiger partial charge in [-0.15, -0.1) is 0 Å². The van der Waals surface area contributed by atoms with Crippen molar-refractivity contribution in [1.82, 2.24) is 9.97 Å². The van der Waals surface area contributed by atoms with Gasteiger partial charge in [0, 0.05) is 19.2 Å².